The molecule has 120 valence electrons. The number of benzene rings is 2. The minimum atomic E-state index is -1.18. The molecule has 0 fully saturated rings. The number of carbonyl (C=O) groups excluding carboxylic acids is 2. The molecule has 24 heavy (non-hydrogen) atoms. The van der Waals surface area contributed by atoms with Gasteiger partial charge >= 0.3 is 18.9 Å². The van der Waals surface area contributed by atoms with Gasteiger partial charge in [0.25, 0.3) is 5.91 Å². The van der Waals surface area contributed by atoms with Crippen molar-refractivity contribution in [1.82, 2.24) is 0 Å². The van der Waals surface area contributed by atoms with E-state index in [4.69, 9.17) is 0 Å². The van der Waals surface area contributed by atoms with Gasteiger partial charge in [-0.2, -0.15) is 0 Å². The number of thiol groups is 2. The van der Waals surface area contributed by atoms with E-state index in [9.17, 15) is 14.7 Å². The van der Waals surface area contributed by atoms with Gasteiger partial charge in [-0.25, -0.2) is 0 Å². The van der Waals surface area contributed by atoms with E-state index in [0.717, 1.165) is 0 Å². The molecule has 0 bridgehead atoms. The number of anilines is 2. The number of hydrogen-bond donors (Lipinski definition) is 4. The Labute approximate surface area is 163 Å². The molecule has 0 aliphatic carbocycles. The fourth-order valence-electron chi connectivity index (χ4n) is 1.89. The third-order valence-electron chi connectivity index (χ3n) is 3.04. The second-order valence-corrected chi connectivity index (χ2v) is 5.99. The van der Waals surface area contributed by atoms with Crippen LogP contribution in [0.5, 0.6) is 0 Å². The number of carboxylic acid groups (broad SMARTS) is 1. The molecule has 0 saturated carbocycles. The molecule has 5 nitrogen and oxygen atoms in total. The van der Waals surface area contributed by atoms with Crippen LogP contribution >= 0.6 is 25.3 Å². The van der Waals surface area contributed by atoms with Crippen molar-refractivity contribution in [1.29, 1.82) is 0 Å². The standard InChI is InChI=1S/C16H16N2O3S2.Li/c1-9(16(20)21)17-11-2-4-12(5-3-11)18-15(19)10-6-13(22)8-14(23)7-10;/h2-9,17,22-23H,1H3,(H,18,19)(H,20,21);/q;+1/p-1. The average Bonchev–Trinajstić information content (AvgIpc) is 2.48. The van der Waals surface area contributed by atoms with E-state index in [2.05, 4.69) is 35.9 Å². The third-order valence-corrected chi connectivity index (χ3v) is 3.56. The molecule has 2 aromatic rings. The van der Waals surface area contributed by atoms with Crippen LogP contribution in [0, 0.1) is 0 Å². The number of carbonyl (C=O) groups is 2. The van der Waals surface area contributed by atoms with E-state index in [1.54, 1.807) is 42.5 Å². The Kier molecular flexibility index (Phi) is 7.77. The van der Waals surface area contributed by atoms with Crippen LogP contribution < -0.4 is 34.6 Å². The molecule has 2 N–H and O–H groups in total. The van der Waals surface area contributed by atoms with E-state index >= 15 is 0 Å². The first-order valence-electron chi connectivity index (χ1n) is 6.77. The van der Waals surface area contributed by atoms with Gasteiger partial charge in [0.15, 0.2) is 0 Å². The monoisotopic (exact) mass is 354 g/mol. The molecule has 0 heterocycles. The molecule has 0 aliphatic heterocycles. The van der Waals surface area contributed by atoms with Crippen LogP contribution in [0.15, 0.2) is 52.3 Å². The summed E-state index contributed by atoms with van der Waals surface area (Å²) in [4.78, 5) is 24.2. The van der Waals surface area contributed by atoms with Crippen LogP contribution in [-0.2, 0) is 4.79 Å². The van der Waals surface area contributed by atoms with Crippen LogP contribution in [0.1, 0.15) is 17.3 Å². The smallest absolute Gasteiger partial charge is 0.548 e. The Bertz CT molecular complexity index is 718. The summed E-state index contributed by atoms with van der Waals surface area (Å²) in [5, 5.41) is 16.2. The predicted octanol–water partition coefficient (Wildman–Crippen LogP) is -0.929. The van der Waals surface area contributed by atoms with Crippen LogP contribution in [0.3, 0.4) is 0 Å². The largest absolute Gasteiger partial charge is 1.00 e. The summed E-state index contributed by atoms with van der Waals surface area (Å²) in [6, 6.07) is 10.9. The summed E-state index contributed by atoms with van der Waals surface area (Å²) in [5.74, 6) is -1.46. The van der Waals surface area contributed by atoms with Crippen molar-refractivity contribution in [3.63, 3.8) is 0 Å². The molecule has 1 unspecified atom stereocenters. The van der Waals surface area contributed by atoms with E-state index < -0.39 is 12.0 Å². The first-order valence-corrected chi connectivity index (χ1v) is 7.66. The van der Waals surface area contributed by atoms with Gasteiger partial charge in [0.2, 0.25) is 0 Å². The molecule has 2 rings (SSSR count). The molecular weight excluding hydrogens is 339 g/mol. The van der Waals surface area contributed by atoms with Crippen molar-refractivity contribution < 1.29 is 33.6 Å². The van der Waals surface area contributed by atoms with Crippen LogP contribution in [-0.4, -0.2) is 17.9 Å². The SMILES string of the molecule is CC(Nc1ccc(NC(=O)c2cc(S)cc(S)c2)cc1)C(=O)[O-].[Li+]. The van der Waals surface area contributed by atoms with Crippen LogP contribution in [0.25, 0.3) is 0 Å². The van der Waals surface area contributed by atoms with E-state index in [1.807, 2.05) is 0 Å². The summed E-state index contributed by atoms with van der Waals surface area (Å²) in [5.41, 5.74) is 1.66. The normalized spacial score (nSPS) is 11.1. The summed E-state index contributed by atoms with van der Waals surface area (Å²) >= 11 is 8.43. The van der Waals surface area contributed by atoms with E-state index in [1.165, 1.54) is 6.92 Å². The average molecular weight is 354 g/mol. The van der Waals surface area contributed by atoms with Crippen molar-refractivity contribution in [2.24, 2.45) is 0 Å². The van der Waals surface area contributed by atoms with Gasteiger partial charge in [0.1, 0.15) is 0 Å². The minimum Gasteiger partial charge on any atom is -0.548 e. The summed E-state index contributed by atoms with van der Waals surface area (Å²) < 4.78 is 0. The maximum atomic E-state index is 12.2. The van der Waals surface area contributed by atoms with Crippen LogP contribution in [0.2, 0.25) is 0 Å². The number of rotatable bonds is 5. The van der Waals surface area contributed by atoms with Gasteiger partial charge in [0.05, 0.1) is 12.0 Å². The van der Waals surface area contributed by atoms with Gasteiger partial charge in [-0.15, -0.1) is 25.3 Å². The Balaban J connectivity index is 0.00000288. The zero-order valence-electron chi connectivity index (χ0n) is 13.2. The molecule has 8 heteroatoms. The van der Waals surface area contributed by atoms with Crippen molar-refractivity contribution in [2.45, 2.75) is 22.8 Å². The number of amides is 1. The molecule has 0 saturated heterocycles. The van der Waals surface area contributed by atoms with Gasteiger partial charge in [-0.1, -0.05) is 0 Å². The van der Waals surface area contributed by atoms with Crippen LogP contribution in [0.4, 0.5) is 11.4 Å². The molecule has 0 radical (unpaired) electrons. The Morgan fingerprint density at radius 3 is 2.00 bits per heavy atom. The van der Waals surface area contributed by atoms with Gasteiger partial charge in [-0.3, -0.25) is 4.79 Å². The zero-order chi connectivity index (χ0) is 17.0. The number of aliphatic carboxylic acids is 1. The first kappa shape index (κ1) is 20.5. The fraction of sp³-hybridized carbons (Fsp3) is 0.125. The Morgan fingerprint density at radius 1 is 1.00 bits per heavy atom. The molecule has 0 aliphatic rings. The predicted molar refractivity (Wildman–Crippen MR) is 93.4 cm³/mol. The third kappa shape index (κ3) is 5.84. The maximum absolute atomic E-state index is 12.2. The van der Waals surface area contributed by atoms with Gasteiger partial charge in [0, 0.05) is 26.7 Å². The van der Waals surface area contributed by atoms with Crippen molar-refractivity contribution in [2.75, 3.05) is 10.6 Å². The van der Waals surface area contributed by atoms with Crippen molar-refractivity contribution >= 4 is 48.5 Å². The second kappa shape index (κ2) is 9.09. The minimum absolute atomic E-state index is 0. The van der Waals surface area contributed by atoms with Gasteiger partial charge < -0.3 is 20.5 Å². The topological polar surface area (TPSA) is 81.3 Å². The van der Waals surface area contributed by atoms with Crippen molar-refractivity contribution in [3.8, 4) is 0 Å². The molecule has 0 aromatic heterocycles. The molecular formula is C16H15LiN2O3S2. The molecule has 1 atom stereocenters. The van der Waals surface area contributed by atoms with Gasteiger partial charge in [-0.05, 0) is 49.4 Å². The maximum Gasteiger partial charge on any atom is 1.00 e. The van der Waals surface area contributed by atoms with Crippen molar-refractivity contribution in [3.05, 3.63) is 48.0 Å². The number of hydrogen-bond acceptors (Lipinski definition) is 6. The first-order chi connectivity index (χ1) is 10.8. The Morgan fingerprint density at radius 2 is 1.50 bits per heavy atom. The summed E-state index contributed by atoms with van der Waals surface area (Å²) in [6.07, 6.45) is 0. The van der Waals surface area contributed by atoms with E-state index in [0.29, 0.717) is 26.7 Å². The zero-order valence-corrected chi connectivity index (χ0v) is 15.0. The number of carboxylic acids is 1. The Hall–Kier alpha value is -1.52. The second-order valence-electron chi connectivity index (χ2n) is 4.95. The fourth-order valence-corrected chi connectivity index (χ4v) is 2.55. The summed E-state index contributed by atoms with van der Waals surface area (Å²) in [6.45, 7) is 1.49. The number of nitrogens with one attached hydrogen (secondary N) is 2. The molecule has 0 spiro atoms. The molecule has 2 aromatic carbocycles. The molecule has 1 amide bonds. The summed E-state index contributed by atoms with van der Waals surface area (Å²) in [7, 11) is 0. The van der Waals surface area contributed by atoms with E-state index in [-0.39, 0.29) is 24.8 Å². The quantitative estimate of drug-likeness (QED) is 0.413.